The standard InChI is InChI=1S/C20H25N3O/c1-3-15-8-7-9-16(4-2)19(15)22-18-12-17(13-21-14-18)20(24)23-10-5-6-11-23/h7-9,12-14,22H,3-6,10-11H2,1-2H3. The molecule has 0 bridgehead atoms. The van der Waals surface area contributed by atoms with Crippen LogP contribution in [0.25, 0.3) is 0 Å². The summed E-state index contributed by atoms with van der Waals surface area (Å²) in [6.45, 7) is 6.03. The van der Waals surface area contributed by atoms with E-state index in [0.29, 0.717) is 5.56 Å². The number of pyridine rings is 1. The van der Waals surface area contributed by atoms with Gasteiger partial charge in [-0.2, -0.15) is 0 Å². The Kier molecular flexibility index (Phi) is 5.14. The second-order valence-corrected chi connectivity index (χ2v) is 6.24. The Labute approximate surface area is 143 Å². The minimum atomic E-state index is 0.0862. The van der Waals surface area contributed by atoms with E-state index < -0.39 is 0 Å². The maximum Gasteiger partial charge on any atom is 0.255 e. The number of likely N-dealkylation sites (tertiary alicyclic amines) is 1. The fourth-order valence-corrected chi connectivity index (χ4v) is 3.28. The molecule has 2 aromatic rings. The summed E-state index contributed by atoms with van der Waals surface area (Å²) in [5.74, 6) is 0.0862. The summed E-state index contributed by atoms with van der Waals surface area (Å²) in [6, 6.07) is 8.32. The van der Waals surface area contributed by atoms with Gasteiger partial charge in [0.05, 0.1) is 17.4 Å². The lowest BCUT2D eigenvalue weighted by Crippen LogP contribution is -2.27. The number of carbonyl (C=O) groups excluding carboxylic acids is 1. The van der Waals surface area contributed by atoms with Crippen molar-refractivity contribution in [3.63, 3.8) is 0 Å². The molecule has 3 rings (SSSR count). The van der Waals surface area contributed by atoms with E-state index in [4.69, 9.17) is 0 Å². The molecule has 0 atom stereocenters. The van der Waals surface area contributed by atoms with Crippen molar-refractivity contribution < 1.29 is 4.79 Å². The van der Waals surface area contributed by atoms with Crippen LogP contribution < -0.4 is 5.32 Å². The Hall–Kier alpha value is -2.36. The number of rotatable bonds is 5. The van der Waals surface area contributed by atoms with Gasteiger partial charge in [-0.15, -0.1) is 0 Å². The highest BCUT2D eigenvalue weighted by molar-refractivity contribution is 5.95. The van der Waals surface area contributed by atoms with E-state index in [1.165, 1.54) is 11.1 Å². The second kappa shape index (κ2) is 7.47. The van der Waals surface area contributed by atoms with Crippen LogP contribution >= 0.6 is 0 Å². The first-order valence-corrected chi connectivity index (χ1v) is 8.85. The van der Waals surface area contributed by atoms with Gasteiger partial charge in [0.25, 0.3) is 5.91 Å². The number of nitrogens with zero attached hydrogens (tertiary/aromatic N) is 2. The Balaban J connectivity index is 1.86. The molecule has 0 unspecified atom stereocenters. The van der Waals surface area contributed by atoms with Crippen LogP contribution in [0.4, 0.5) is 11.4 Å². The van der Waals surface area contributed by atoms with Crippen molar-refractivity contribution in [1.82, 2.24) is 9.88 Å². The maximum atomic E-state index is 12.6. The SMILES string of the molecule is CCc1cccc(CC)c1Nc1cncc(C(=O)N2CCCC2)c1. The first-order valence-electron chi connectivity index (χ1n) is 8.85. The zero-order chi connectivity index (χ0) is 16.9. The van der Waals surface area contributed by atoms with Crippen molar-refractivity contribution in [2.24, 2.45) is 0 Å². The summed E-state index contributed by atoms with van der Waals surface area (Å²) in [6.07, 6.45) is 7.58. The Morgan fingerprint density at radius 3 is 2.42 bits per heavy atom. The number of hydrogen-bond donors (Lipinski definition) is 1. The third kappa shape index (κ3) is 3.42. The smallest absolute Gasteiger partial charge is 0.255 e. The molecule has 1 N–H and O–H groups in total. The number of aryl methyl sites for hydroxylation is 2. The molecule has 1 aromatic heterocycles. The third-order valence-electron chi connectivity index (χ3n) is 4.65. The molecule has 4 nitrogen and oxygen atoms in total. The van der Waals surface area contributed by atoms with Crippen LogP contribution in [0.2, 0.25) is 0 Å². The predicted molar refractivity (Wildman–Crippen MR) is 97.9 cm³/mol. The number of carbonyl (C=O) groups is 1. The van der Waals surface area contributed by atoms with E-state index in [1.807, 2.05) is 11.0 Å². The lowest BCUT2D eigenvalue weighted by molar-refractivity contribution is 0.0792. The predicted octanol–water partition coefficient (Wildman–Crippen LogP) is 4.19. The molecule has 1 amide bonds. The summed E-state index contributed by atoms with van der Waals surface area (Å²) >= 11 is 0. The van der Waals surface area contributed by atoms with E-state index in [9.17, 15) is 4.79 Å². The van der Waals surface area contributed by atoms with Gasteiger partial charge in [-0.05, 0) is 42.9 Å². The maximum absolute atomic E-state index is 12.6. The van der Waals surface area contributed by atoms with Crippen LogP contribution in [-0.4, -0.2) is 28.9 Å². The molecule has 0 radical (unpaired) electrons. The molecule has 4 heteroatoms. The zero-order valence-corrected chi connectivity index (χ0v) is 14.5. The molecule has 126 valence electrons. The monoisotopic (exact) mass is 323 g/mol. The minimum absolute atomic E-state index is 0.0862. The highest BCUT2D eigenvalue weighted by atomic mass is 16.2. The number of para-hydroxylation sites is 1. The summed E-state index contributed by atoms with van der Waals surface area (Å²) in [5, 5.41) is 3.50. The van der Waals surface area contributed by atoms with Crippen molar-refractivity contribution >= 4 is 17.3 Å². The Bertz CT molecular complexity index is 698. The molecule has 1 aliphatic rings. The third-order valence-corrected chi connectivity index (χ3v) is 4.65. The molecule has 0 saturated carbocycles. The molecular formula is C20H25N3O. The van der Waals surface area contributed by atoms with Gasteiger partial charge in [-0.25, -0.2) is 0 Å². The topological polar surface area (TPSA) is 45.2 Å². The normalized spacial score (nSPS) is 14.0. The van der Waals surface area contributed by atoms with Gasteiger partial charge >= 0.3 is 0 Å². The summed E-state index contributed by atoms with van der Waals surface area (Å²) in [5.41, 5.74) is 5.25. The zero-order valence-electron chi connectivity index (χ0n) is 14.5. The van der Waals surface area contributed by atoms with Crippen LogP contribution in [0.15, 0.2) is 36.7 Å². The van der Waals surface area contributed by atoms with Gasteiger partial charge < -0.3 is 10.2 Å². The van der Waals surface area contributed by atoms with Gasteiger partial charge in [0, 0.05) is 25.0 Å². The minimum Gasteiger partial charge on any atom is -0.354 e. The molecule has 24 heavy (non-hydrogen) atoms. The molecule has 1 aliphatic heterocycles. The Morgan fingerprint density at radius 1 is 1.12 bits per heavy atom. The number of benzene rings is 1. The lowest BCUT2D eigenvalue weighted by Gasteiger charge is -2.17. The molecule has 2 heterocycles. The van der Waals surface area contributed by atoms with Crippen molar-refractivity contribution in [3.8, 4) is 0 Å². The highest BCUT2D eigenvalue weighted by Crippen LogP contribution is 2.27. The van der Waals surface area contributed by atoms with Crippen molar-refractivity contribution in [1.29, 1.82) is 0 Å². The number of aromatic nitrogens is 1. The van der Waals surface area contributed by atoms with E-state index >= 15 is 0 Å². The van der Waals surface area contributed by atoms with Crippen LogP contribution in [-0.2, 0) is 12.8 Å². The van der Waals surface area contributed by atoms with E-state index in [1.54, 1.807) is 12.4 Å². The number of amides is 1. The highest BCUT2D eigenvalue weighted by Gasteiger charge is 2.20. The quantitative estimate of drug-likeness (QED) is 0.897. The van der Waals surface area contributed by atoms with Crippen LogP contribution in [0.5, 0.6) is 0 Å². The molecular weight excluding hydrogens is 298 g/mol. The number of hydrogen-bond acceptors (Lipinski definition) is 3. The fourth-order valence-electron chi connectivity index (χ4n) is 3.28. The Morgan fingerprint density at radius 2 is 1.79 bits per heavy atom. The van der Waals surface area contributed by atoms with E-state index in [2.05, 4.69) is 42.3 Å². The van der Waals surface area contributed by atoms with E-state index in [-0.39, 0.29) is 5.91 Å². The first kappa shape index (κ1) is 16.5. The van der Waals surface area contributed by atoms with Gasteiger partial charge in [-0.1, -0.05) is 32.0 Å². The van der Waals surface area contributed by atoms with Gasteiger partial charge in [0.2, 0.25) is 0 Å². The molecule has 0 aliphatic carbocycles. The average Bonchev–Trinajstić information content (AvgIpc) is 3.16. The molecule has 1 aromatic carbocycles. The van der Waals surface area contributed by atoms with Crippen molar-refractivity contribution in [2.75, 3.05) is 18.4 Å². The van der Waals surface area contributed by atoms with Crippen LogP contribution in [0.3, 0.4) is 0 Å². The molecule has 1 fully saturated rings. The molecule has 1 saturated heterocycles. The summed E-state index contributed by atoms with van der Waals surface area (Å²) < 4.78 is 0. The van der Waals surface area contributed by atoms with Crippen LogP contribution in [0, 0.1) is 0 Å². The first-order chi connectivity index (χ1) is 11.7. The number of nitrogens with one attached hydrogen (secondary N) is 1. The van der Waals surface area contributed by atoms with Crippen molar-refractivity contribution in [2.45, 2.75) is 39.5 Å². The van der Waals surface area contributed by atoms with Gasteiger partial charge in [0.15, 0.2) is 0 Å². The largest absolute Gasteiger partial charge is 0.354 e. The summed E-state index contributed by atoms with van der Waals surface area (Å²) in [7, 11) is 0. The van der Waals surface area contributed by atoms with Crippen LogP contribution in [0.1, 0.15) is 48.2 Å². The fraction of sp³-hybridized carbons (Fsp3) is 0.400. The number of anilines is 2. The van der Waals surface area contributed by atoms with Gasteiger partial charge in [0.1, 0.15) is 0 Å². The van der Waals surface area contributed by atoms with E-state index in [0.717, 1.165) is 50.1 Å². The second-order valence-electron chi connectivity index (χ2n) is 6.24. The van der Waals surface area contributed by atoms with Gasteiger partial charge in [-0.3, -0.25) is 9.78 Å². The summed E-state index contributed by atoms with van der Waals surface area (Å²) in [4.78, 5) is 18.7. The average molecular weight is 323 g/mol. The lowest BCUT2D eigenvalue weighted by atomic mass is 10.0. The van der Waals surface area contributed by atoms with Crippen molar-refractivity contribution in [3.05, 3.63) is 53.3 Å². The molecule has 0 spiro atoms.